The number of nitrogens with one attached hydrogen (secondary N) is 1. The van der Waals surface area contributed by atoms with Gasteiger partial charge in [-0.15, -0.1) is 0 Å². The van der Waals surface area contributed by atoms with Gasteiger partial charge < -0.3 is 4.74 Å². The first kappa shape index (κ1) is 19.1. The molecule has 0 radical (unpaired) electrons. The molecule has 134 valence electrons. The van der Waals surface area contributed by atoms with Crippen molar-refractivity contribution in [2.75, 3.05) is 39.4 Å². The highest BCUT2D eigenvalue weighted by molar-refractivity contribution is 7.89. The Morgan fingerprint density at radius 3 is 2.67 bits per heavy atom. The molecule has 8 nitrogen and oxygen atoms in total. The molecule has 0 aromatic heterocycles. The lowest BCUT2D eigenvalue weighted by Gasteiger charge is -2.26. The first-order valence-electron chi connectivity index (χ1n) is 7.64. The van der Waals surface area contributed by atoms with E-state index in [2.05, 4.69) is 9.62 Å². The monoisotopic (exact) mass is 377 g/mol. The maximum absolute atomic E-state index is 12.2. The fourth-order valence-electron chi connectivity index (χ4n) is 2.38. The van der Waals surface area contributed by atoms with E-state index in [0.717, 1.165) is 45.3 Å². The number of nitro groups is 1. The lowest BCUT2D eigenvalue weighted by molar-refractivity contribution is -0.385. The predicted octanol–water partition coefficient (Wildman–Crippen LogP) is 1.64. The number of hydrogen-bond donors (Lipinski definition) is 1. The average molecular weight is 378 g/mol. The summed E-state index contributed by atoms with van der Waals surface area (Å²) in [5.74, 6) is 0. The van der Waals surface area contributed by atoms with Crippen LogP contribution in [0.4, 0.5) is 5.69 Å². The molecule has 1 aliphatic heterocycles. The van der Waals surface area contributed by atoms with Crippen LogP contribution in [-0.2, 0) is 14.8 Å². The zero-order valence-electron chi connectivity index (χ0n) is 13.1. The van der Waals surface area contributed by atoms with Crippen molar-refractivity contribution in [2.45, 2.75) is 17.7 Å². The largest absolute Gasteiger partial charge is 0.379 e. The average Bonchev–Trinajstić information content (AvgIpc) is 2.55. The van der Waals surface area contributed by atoms with Gasteiger partial charge in [0.25, 0.3) is 5.69 Å². The Morgan fingerprint density at radius 1 is 1.29 bits per heavy atom. The molecule has 0 atom stereocenters. The van der Waals surface area contributed by atoms with Gasteiger partial charge in [0.1, 0.15) is 4.90 Å². The number of sulfonamides is 1. The zero-order chi connectivity index (χ0) is 17.6. The zero-order valence-corrected chi connectivity index (χ0v) is 14.7. The molecule has 1 N–H and O–H groups in total. The summed E-state index contributed by atoms with van der Waals surface area (Å²) in [5.41, 5.74) is -0.313. The van der Waals surface area contributed by atoms with Gasteiger partial charge in [0, 0.05) is 31.8 Å². The quantitative estimate of drug-likeness (QED) is 0.420. The highest BCUT2D eigenvalue weighted by Gasteiger charge is 2.21. The number of rotatable bonds is 8. The molecule has 1 aliphatic rings. The summed E-state index contributed by atoms with van der Waals surface area (Å²) in [6, 6.07) is 3.36. The Balaban J connectivity index is 1.85. The summed E-state index contributed by atoms with van der Waals surface area (Å²) < 4.78 is 32.2. The number of benzene rings is 1. The normalized spacial score (nSPS) is 16.2. The van der Waals surface area contributed by atoms with Gasteiger partial charge in [-0.3, -0.25) is 15.0 Å². The van der Waals surface area contributed by atoms with Crippen LogP contribution >= 0.6 is 11.6 Å². The van der Waals surface area contributed by atoms with Crippen LogP contribution in [0.15, 0.2) is 23.1 Å². The van der Waals surface area contributed by atoms with Crippen LogP contribution in [-0.4, -0.2) is 57.6 Å². The predicted molar refractivity (Wildman–Crippen MR) is 89.8 cm³/mol. The molecular weight excluding hydrogens is 358 g/mol. The Hall–Kier alpha value is -1.26. The van der Waals surface area contributed by atoms with Gasteiger partial charge in [-0.05, 0) is 25.5 Å². The van der Waals surface area contributed by atoms with Gasteiger partial charge in [0.05, 0.1) is 23.2 Å². The summed E-state index contributed by atoms with van der Waals surface area (Å²) in [6.45, 7) is 4.41. The van der Waals surface area contributed by atoms with Crippen molar-refractivity contribution in [1.29, 1.82) is 0 Å². The number of nitro benzene ring substituents is 1. The highest BCUT2D eigenvalue weighted by Crippen LogP contribution is 2.25. The first-order chi connectivity index (χ1) is 11.4. The molecule has 10 heteroatoms. The summed E-state index contributed by atoms with van der Waals surface area (Å²) in [4.78, 5) is 12.1. The van der Waals surface area contributed by atoms with E-state index < -0.39 is 14.9 Å². The van der Waals surface area contributed by atoms with Gasteiger partial charge in [-0.1, -0.05) is 11.6 Å². The second-order valence-corrected chi connectivity index (χ2v) is 7.57. The van der Waals surface area contributed by atoms with E-state index in [1.54, 1.807) is 0 Å². The minimum absolute atomic E-state index is 0.0404. The lowest BCUT2D eigenvalue weighted by Crippen LogP contribution is -2.37. The van der Waals surface area contributed by atoms with Gasteiger partial charge in [0.15, 0.2) is 0 Å². The molecule has 0 spiro atoms. The number of hydrogen-bond acceptors (Lipinski definition) is 6. The SMILES string of the molecule is O=[N+]([O-])c1ccc(Cl)c(S(=O)(=O)NCCCCN2CCOCC2)c1. The molecule has 0 aliphatic carbocycles. The topological polar surface area (TPSA) is 102 Å². The van der Waals surface area contributed by atoms with Crippen molar-refractivity contribution in [1.82, 2.24) is 9.62 Å². The van der Waals surface area contributed by atoms with Crippen LogP contribution in [0.25, 0.3) is 0 Å². The molecule has 0 unspecified atom stereocenters. The Kier molecular flexibility index (Phi) is 6.93. The van der Waals surface area contributed by atoms with Gasteiger partial charge in [-0.25, -0.2) is 13.1 Å². The van der Waals surface area contributed by atoms with Gasteiger partial charge in [-0.2, -0.15) is 0 Å². The fraction of sp³-hybridized carbons (Fsp3) is 0.571. The molecular formula is C14H20ClN3O5S. The van der Waals surface area contributed by atoms with Crippen molar-refractivity contribution in [3.05, 3.63) is 33.3 Å². The minimum Gasteiger partial charge on any atom is -0.379 e. The molecule has 1 heterocycles. The Morgan fingerprint density at radius 2 is 2.00 bits per heavy atom. The van der Waals surface area contributed by atoms with E-state index in [4.69, 9.17) is 16.3 Å². The second-order valence-electron chi connectivity index (χ2n) is 5.43. The van der Waals surface area contributed by atoms with E-state index in [9.17, 15) is 18.5 Å². The number of ether oxygens (including phenoxy) is 1. The van der Waals surface area contributed by atoms with Crippen LogP contribution in [0.5, 0.6) is 0 Å². The third-order valence-corrected chi connectivity index (χ3v) is 5.65. The highest BCUT2D eigenvalue weighted by atomic mass is 35.5. The number of morpholine rings is 1. The van der Waals surface area contributed by atoms with Crippen molar-refractivity contribution in [3.63, 3.8) is 0 Å². The minimum atomic E-state index is -3.87. The Bertz CT molecular complexity index is 677. The van der Waals surface area contributed by atoms with Crippen molar-refractivity contribution >= 4 is 27.3 Å². The van der Waals surface area contributed by atoms with Crippen molar-refractivity contribution in [2.24, 2.45) is 0 Å². The molecule has 2 rings (SSSR count). The van der Waals surface area contributed by atoms with Crippen LogP contribution in [0.1, 0.15) is 12.8 Å². The molecule has 1 aromatic carbocycles. The molecule has 1 saturated heterocycles. The third-order valence-electron chi connectivity index (χ3n) is 3.71. The first-order valence-corrected chi connectivity index (χ1v) is 9.50. The molecule has 0 saturated carbocycles. The standard InChI is InChI=1S/C14H20ClN3O5S/c15-13-4-3-12(18(19)20)11-14(13)24(21,22)16-5-1-2-6-17-7-9-23-10-8-17/h3-4,11,16H,1-2,5-10H2. The van der Waals surface area contributed by atoms with Crippen molar-refractivity contribution in [3.8, 4) is 0 Å². The molecule has 0 amide bonds. The lowest BCUT2D eigenvalue weighted by atomic mass is 10.3. The smallest absolute Gasteiger partial charge is 0.270 e. The third kappa shape index (κ3) is 5.38. The van der Waals surface area contributed by atoms with Gasteiger partial charge in [0.2, 0.25) is 10.0 Å². The van der Waals surface area contributed by atoms with Crippen LogP contribution in [0, 0.1) is 10.1 Å². The van der Waals surface area contributed by atoms with Gasteiger partial charge >= 0.3 is 0 Å². The summed E-state index contributed by atoms with van der Waals surface area (Å²) in [7, 11) is -3.87. The maximum atomic E-state index is 12.2. The number of non-ortho nitro benzene ring substituents is 1. The van der Waals surface area contributed by atoms with E-state index in [1.807, 2.05) is 0 Å². The molecule has 1 fully saturated rings. The summed E-state index contributed by atoms with van der Waals surface area (Å²) in [6.07, 6.45) is 1.52. The van der Waals surface area contributed by atoms with Crippen LogP contribution in [0.2, 0.25) is 5.02 Å². The summed E-state index contributed by atoms with van der Waals surface area (Å²) in [5, 5.41) is 10.7. The van der Waals surface area contributed by atoms with Crippen LogP contribution in [0.3, 0.4) is 0 Å². The van der Waals surface area contributed by atoms with E-state index >= 15 is 0 Å². The number of nitrogens with zero attached hydrogens (tertiary/aromatic N) is 2. The second kappa shape index (κ2) is 8.72. The fourth-order valence-corrected chi connectivity index (χ4v) is 3.97. The molecule has 24 heavy (non-hydrogen) atoms. The number of halogens is 1. The maximum Gasteiger partial charge on any atom is 0.270 e. The molecule has 1 aromatic rings. The van der Waals surface area contributed by atoms with Crippen molar-refractivity contribution < 1.29 is 18.1 Å². The number of unbranched alkanes of at least 4 members (excludes halogenated alkanes) is 1. The van der Waals surface area contributed by atoms with E-state index in [0.29, 0.717) is 6.42 Å². The Labute approximate surface area is 145 Å². The van der Waals surface area contributed by atoms with Crippen LogP contribution < -0.4 is 4.72 Å². The molecule has 0 bridgehead atoms. The summed E-state index contributed by atoms with van der Waals surface area (Å²) >= 11 is 5.87. The van der Waals surface area contributed by atoms with E-state index in [1.165, 1.54) is 12.1 Å². The van der Waals surface area contributed by atoms with E-state index in [-0.39, 0.29) is 22.2 Å².